The molecule has 78 valence electrons. The Balaban J connectivity index is 1.99. The van der Waals surface area contributed by atoms with Crippen molar-refractivity contribution < 1.29 is 4.52 Å². The first-order valence-electron chi connectivity index (χ1n) is 5.32. The van der Waals surface area contributed by atoms with Crippen LogP contribution in [-0.4, -0.2) is 6.16 Å². The van der Waals surface area contributed by atoms with Crippen molar-refractivity contribution in [1.82, 2.24) is 0 Å². The van der Waals surface area contributed by atoms with Crippen molar-refractivity contribution in [3.05, 3.63) is 35.9 Å². The molecule has 0 fully saturated rings. The van der Waals surface area contributed by atoms with E-state index in [1.807, 2.05) is 6.07 Å². The zero-order valence-electron chi connectivity index (χ0n) is 8.83. The molecule has 1 unspecified atom stereocenters. The molecule has 0 amide bonds. The highest BCUT2D eigenvalue weighted by molar-refractivity contribution is 7.32. The zero-order valence-corrected chi connectivity index (χ0v) is 9.83. The van der Waals surface area contributed by atoms with Crippen molar-refractivity contribution in [3.63, 3.8) is 0 Å². The van der Waals surface area contributed by atoms with Crippen LogP contribution in [-0.2, 0) is 11.1 Å². The van der Waals surface area contributed by atoms with E-state index in [4.69, 9.17) is 4.52 Å². The van der Waals surface area contributed by atoms with Crippen molar-refractivity contribution in [2.75, 3.05) is 6.16 Å². The first kappa shape index (κ1) is 11.7. The summed E-state index contributed by atoms with van der Waals surface area (Å²) in [5.41, 5.74) is 1.27. The van der Waals surface area contributed by atoms with Gasteiger partial charge in [0.25, 0.3) is 0 Å². The van der Waals surface area contributed by atoms with Crippen LogP contribution in [0.2, 0.25) is 0 Å². The molecule has 0 saturated carbocycles. The molecule has 1 aromatic rings. The summed E-state index contributed by atoms with van der Waals surface area (Å²) >= 11 is 0. The summed E-state index contributed by atoms with van der Waals surface area (Å²) in [6.45, 7) is 3.00. The summed E-state index contributed by atoms with van der Waals surface area (Å²) in [7, 11) is 0.668. The number of rotatable bonds is 7. The highest BCUT2D eigenvalue weighted by Crippen LogP contribution is 2.17. The Morgan fingerprint density at radius 3 is 2.64 bits per heavy atom. The predicted octanol–water partition coefficient (Wildman–Crippen LogP) is 3.99. The summed E-state index contributed by atoms with van der Waals surface area (Å²) in [4.78, 5) is 0. The van der Waals surface area contributed by atoms with Gasteiger partial charge in [-0.15, -0.1) is 0 Å². The molecule has 14 heavy (non-hydrogen) atoms. The average Bonchev–Trinajstić information content (AvgIpc) is 2.25. The maximum atomic E-state index is 5.59. The fourth-order valence-electron chi connectivity index (χ4n) is 1.23. The van der Waals surface area contributed by atoms with Gasteiger partial charge in [-0.1, -0.05) is 50.1 Å². The Bertz CT molecular complexity index is 223. The second-order valence-electron chi connectivity index (χ2n) is 3.38. The molecule has 1 atom stereocenters. The highest BCUT2D eigenvalue weighted by Gasteiger charge is 1.91. The van der Waals surface area contributed by atoms with E-state index in [9.17, 15) is 0 Å². The van der Waals surface area contributed by atoms with E-state index in [1.165, 1.54) is 31.0 Å². The quantitative estimate of drug-likeness (QED) is 0.488. The van der Waals surface area contributed by atoms with Crippen LogP contribution in [0.5, 0.6) is 0 Å². The normalized spacial score (nSPS) is 11.2. The van der Waals surface area contributed by atoms with E-state index in [1.54, 1.807) is 0 Å². The van der Waals surface area contributed by atoms with Gasteiger partial charge in [-0.2, -0.15) is 0 Å². The molecule has 2 heteroatoms. The zero-order chi connectivity index (χ0) is 10.1. The van der Waals surface area contributed by atoms with Crippen molar-refractivity contribution >= 4 is 8.81 Å². The fraction of sp³-hybridized carbons (Fsp3) is 0.500. The summed E-state index contributed by atoms with van der Waals surface area (Å²) in [5, 5.41) is 0. The molecule has 1 rings (SSSR count). The van der Waals surface area contributed by atoms with E-state index in [0.29, 0.717) is 8.81 Å². The average molecular weight is 210 g/mol. The number of unbranched alkanes of at least 4 members (excludes halogenated alkanes) is 2. The minimum Gasteiger partial charge on any atom is -0.358 e. The molecular formula is C12H19OP. The molecule has 0 radical (unpaired) electrons. The number of benzene rings is 1. The van der Waals surface area contributed by atoms with Gasteiger partial charge in [0, 0.05) is 8.81 Å². The van der Waals surface area contributed by atoms with E-state index in [-0.39, 0.29) is 0 Å². The van der Waals surface area contributed by atoms with Crippen LogP contribution < -0.4 is 0 Å². The predicted molar refractivity (Wildman–Crippen MR) is 63.9 cm³/mol. The summed E-state index contributed by atoms with van der Waals surface area (Å²) < 4.78 is 5.59. The first-order chi connectivity index (χ1) is 6.93. The highest BCUT2D eigenvalue weighted by atomic mass is 31.1. The maximum Gasteiger partial charge on any atom is 0.0756 e. The van der Waals surface area contributed by atoms with E-state index < -0.39 is 0 Å². The Hall–Kier alpha value is -0.390. The van der Waals surface area contributed by atoms with Crippen molar-refractivity contribution in [1.29, 1.82) is 0 Å². The summed E-state index contributed by atoms with van der Waals surface area (Å²) in [5.74, 6) is 0. The van der Waals surface area contributed by atoms with E-state index in [0.717, 1.165) is 6.61 Å². The molecule has 0 bridgehead atoms. The molecule has 1 aromatic carbocycles. The molecule has 0 saturated heterocycles. The Morgan fingerprint density at radius 1 is 1.14 bits per heavy atom. The molecule has 0 aliphatic heterocycles. The fourth-order valence-corrected chi connectivity index (χ4v) is 2.04. The second-order valence-corrected chi connectivity index (χ2v) is 4.45. The minimum atomic E-state index is 0.668. The third kappa shape index (κ3) is 5.36. The topological polar surface area (TPSA) is 9.23 Å². The van der Waals surface area contributed by atoms with Crippen LogP contribution in [0.15, 0.2) is 30.3 Å². The van der Waals surface area contributed by atoms with Crippen LogP contribution >= 0.6 is 8.81 Å². The smallest absolute Gasteiger partial charge is 0.0756 e. The lowest BCUT2D eigenvalue weighted by Gasteiger charge is -2.03. The lowest BCUT2D eigenvalue weighted by molar-refractivity contribution is 0.351. The standard InChI is InChI=1S/C12H19OP/c1-2-3-7-10-14-13-11-12-8-5-4-6-9-12/h4-6,8-9,14H,2-3,7,10-11H2,1H3. The van der Waals surface area contributed by atoms with Crippen molar-refractivity contribution in [3.8, 4) is 0 Å². The SMILES string of the molecule is CCCCCPOCc1ccccc1. The lowest BCUT2D eigenvalue weighted by Crippen LogP contribution is -1.85. The van der Waals surface area contributed by atoms with Gasteiger partial charge < -0.3 is 4.52 Å². The monoisotopic (exact) mass is 210 g/mol. The molecule has 0 N–H and O–H groups in total. The van der Waals surface area contributed by atoms with Crippen LogP contribution in [0.1, 0.15) is 31.7 Å². The number of hydrogen-bond acceptors (Lipinski definition) is 1. The van der Waals surface area contributed by atoms with Gasteiger partial charge in [-0.3, -0.25) is 0 Å². The molecule has 1 nitrogen and oxygen atoms in total. The van der Waals surface area contributed by atoms with Gasteiger partial charge in [-0.05, 0) is 18.1 Å². The van der Waals surface area contributed by atoms with Gasteiger partial charge in [-0.25, -0.2) is 0 Å². The van der Waals surface area contributed by atoms with Gasteiger partial charge in [0.2, 0.25) is 0 Å². The van der Waals surface area contributed by atoms with Gasteiger partial charge >= 0.3 is 0 Å². The minimum absolute atomic E-state index is 0.668. The van der Waals surface area contributed by atoms with Gasteiger partial charge in [0.05, 0.1) is 6.61 Å². The molecule has 0 aliphatic carbocycles. The van der Waals surface area contributed by atoms with Gasteiger partial charge in [0.1, 0.15) is 0 Å². The van der Waals surface area contributed by atoms with Gasteiger partial charge in [0.15, 0.2) is 0 Å². The van der Waals surface area contributed by atoms with E-state index >= 15 is 0 Å². The van der Waals surface area contributed by atoms with Crippen LogP contribution in [0.25, 0.3) is 0 Å². The third-order valence-electron chi connectivity index (χ3n) is 2.07. The summed E-state index contributed by atoms with van der Waals surface area (Å²) in [6, 6.07) is 10.4. The molecule has 0 aromatic heterocycles. The third-order valence-corrected chi connectivity index (χ3v) is 2.97. The van der Waals surface area contributed by atoms with Crippen LogP contribution in [0, 0.1) is 0 Å². The maximum absolute atomic E-state index is 5.59. The first-order valence-corrected chi connectivity index (χ1v) is 6.43. The molecule has 0 aliphatic rings. The molecule has 0 spiro atoms. The Labute approximate surface area is 88.7 Å². The molecular weight excluding hydrogens is 191 g/mol. The van der Waals surface area contributed by atoms with Crippen molar-refractivity contribution in [2.45, 2.75) is 32.8 Å². The lowest BCUT2D eigenvalue weighted by atomic mass is 10.2. The van der Waals surface area contributed by atoms with Crippen LogP contribution in [0.4, 0.5) is 0 Å². The summed E-state index contributed by atoms with van der Waals surface area (Å²) in [6.07, 6.45) is 5.16. The Morgan fingerprint density at radius 2 is 1.93 bits per heavy atom. The second kappa shape index (κ2) is 7.96. The van der Waals surface area contributed by atoms with E-state index in [2.05, 4.69) is 31.2 Å². The Kier molecular flexibility index (Phi) is 6.65. The molecule has 0 heterocycles. The van der Waals surface area contributed by atoms with Crippen LogP contribution in [0.3, 0.4) is 0 Å². The number of hydrogen-bond donors (Lipinski definition) is 0. The largest absolute Gasteiger partial charge is 0.358 e. The van der Waals surface area contributed by atoms with Crippen molar-refractivity contribution in [2.24, 2.45) is 0 Å².